The summed E-state index contributed by atoms with van der Waals surface area (Å²) in [6.45, 7) is 0.178. The number of benzene rings is 2. The Bertz CT molecular complexity index is 873. The lowest BCUT2D eigenvalue weighted by Crippen LogP contribution is -2.11. The van der Waals surface area contributed by atoms with E-state index in [-0.39, 0.29) is 18.3 Å². The quantitative estimate of drug-likeness (QED) is 0.633. The summed E-state index contributed by atoms with van der Waals surface area (Å²) in [5.74, 6) is -0.564. The molecule has 0 atom stereocenters. The fourth-order valence-corrected chi connectivity index (χ4v) is 2.53. The zero-order chi connectivity index (χ0) is 17.6. The zero-order valence-electron chi connectivity index (χ0n) is 13.1. The Labute approximate surface area is 152 Å². The standard InChI is InChI=1S/C19H14BrNO4/c20-16-5-2-1-4-14(16)12-25-19(23)13-7-9-15(10-8-13)21-18(22)17-6-3-11-24-17/h1-11H,12H2,(H,21,22). The first-order chi connectivity index (χ1) is 12.1. The van der Waals surface area contributed by atoms with E-state index in [1.165, 1.54) is 6.26 Å². The monoisotopic (exact) mass is 399 g/mol. The van der Waals surface area contributed by atoms with Gasteiger partial charge in [0.1, 0.15) is 6.61 Å². The Morgan fingerprint density at radius 2 is 1.76 bits per heavy atom. The van der Waals surface area contributed by atoms with Crippen LogP contribution in [-0.4, -0.2) is 11.9 Å². The van der Waals surface area contributed by atoms with Crippen molar-refractivity contribution >= 4 is 33.5 Å². The second-order valence-electron chi connectivity index (χ2n) is 5.18. The number of nitrogens with one attached hydrogen (secondary N) is 1. The normalized spacial score (nSPS) is 10.3. The molecule has 1 heterocycles. The van der Waals surface area contributed by atoms with Gasteiger partial charge in [0.15, 0.2) is 5.76 Å². The molecule has 0 saturated heterocycles. The summed E-state index contributed by atoms with van der Waals surface area (Å²) in [4.78, 5) is 24.0. The van der Waals surface area contributed by atoms with Gasteiger partial charge in [0.25, 0.3) is 5.91 Å². The van der Waals surface area contributed by atoms with Crippen LogP contribution in [0.2, 0.25) is 0 Å². The molecule has 25 heavy (non-hydrogen) atoms. The molecule has 3 aromatic rings. The first-order valence-corrected chi connectivity index (χ1v) is 8.28. The van der Waals surface area contributed by atoms with Crippen molar-refractivity contribution in [1.82, 2.24) is 0 Å². The molecule has 0 spiro atoms. The molecule has 0 aliphatic heterocycles. The van der Waals surface area contributed by atoms with E-state index in [2.05, 4.69) is 21.2 Å². The highest BCUT2D eigenvalue weighted by molar-refractivity contribution is 9.10. The molecule has 0 aliphatic carbocycles. The molecule has 0 bridgehead atoms. The average molecular weight is 400 g/mol. The third kappa shape index (κ3) is 4.36. The van der Waals surface area contributed by atoms with Crippen LogP contribution in [0.15, 0.2) is 75.8 Å². The van der Waals surface area contributed by atoms with Crippen LogP contribution in [0.1, 0.15) is 26.5 Å². The minimum Gasteiger partial charge on any atom is -0.459 e. The van der Waals surface area contributed by atoms with Crippen LogP contribution in [0.3, 0.4) is 0 Å². The van der Waals surface area contributed by atoms with Crippen LogP contribution in [-0.2, 0) is 11.3 Å². The fourth-order valence-electron chi connectivity index (χ4n) is 2.13. The first-order valence-electron chi connectivity index (χ1n) is 7.49. The third-order valence-electron chi connectivity index (χ3n) is 3.44. The summed E-state index contributed by atoms with van der Waals surface area (Å²) >= 11 is 3.41. The Balaban J connectivity index is 1.59. The van der Waals surface area contributed by atoms with Crippen LogP contribution in [0.4, 0.5) is 5.69 Å². The van der Waals surface area contributed by atoms with Crippen molar-refractivity contribution in [3.63, 3.8) is 0 Å². The Hall–Kier alpha value is -2.86. The van der Waals surface area contributed by atoms with Gasteiger partial charge in [-0.15, -0.1) is 0 Å². The summed E-state index contributed by atoms with van der Waals surface area (Å²) in [6.07, 6.45) is 1.43. The van der Waals surface area contributed by atoms with E-state index in [1.54, 1.807) is 36.4 Å². The van der Waals surface area contributed by atoms with Gasteiger partial charge in [-0.1, -0.05) is 34.1 Å². The topological polar surface area (TPSA) is 68.5 Å². The van der Waals surface area contributed by atoms with Crippen molar-refractivity contribution < 1.29 is 18.7 Å². The van der Waals surface area contributed by atoms with Crippen LogP contribution < -0.4 is 5.32 Å². The van der Waals surface area contributed by atoms with Crippen molar-refractivity contribution in [3.8, 4) is 0 Å². The minimum absolute atomic E-state index is 0.178. The number of ether oxygens (including phenoxy) is 1. The molecule has 0 saturated carbocycles. The fraction of sp³-hybridized carbons (Fsp3) is 0.0526. The zero-order valence-corrected chi connectivity index (χ0v) is 14.7. The number of hydrogen-bond acceptors (Lipinski definition) is 4. The largest absolute Gasteiger partial charge is 0.459 e. The number of halogens is 1. The SMILES string of the molecule is O=C(OCc1ccccc1Br)c1ccc(NC(=O)c2ccco2)cc1. The van der Waals surface area contributed by atoms with Gasteiger partial charge in [-0.05, 0) is 42.5 Å². The number of hydrogen-bond donors (Lipinski definition) is 1. The van der Waals surface area contributed by atoms with Crippen molar-refractivity contribution in [1.29, 1.82) is 0 Å². The minimum atomic E-state index is -0.431. The molecule has 3 rings (SSSR count). The molecule has 1 amide bonds. The Morgan fingerprint density at radius 1 is 1.00 bits per heavy atom. The molecule has 1 N–H and O–H groups in total. The van der Waals surface area contributed by atoms with Gasteiger partial charge in [0.05, 0.1) is 11.8 Å². The lowest BCUT2D eigenvalue weighted by molar-refractivity contribution is 0.0472. The van der Waals surface area contributed by atoms with Crippen LogP contribution in [0.5, 0.6) is 0 Å². The summed E-state index contributed by atoms with van der Waals surface area (Å²) in [6, 6.07) is 17.2. The molecule has 6 heteroatoms. The number of furan rings is 1. The molecular weight excluding hydrogens is 386 g/mol. The highest BCUT2D eigenvalue weighted by Crippen LogP contribution is 2.18. The highest BCUT2D eigenvalue weighted by atomic mass is 79.9. The average Bonchev–Trinajstić information content (AvgIpc) is 3.16. The molecule has 0 aliphatic rings. The lowest BCUT2D eigenvalue weighted by atomic mass is 10.2. The molecule has 1 aromatic heterocycles. The van der Waals surface area contributed by atoms with E-state index >= 15 is 0 Å². The van der Waals surface area contributed by atoms with E-state index < -0.39 is 5.97 Å². The summed E-state index contributed by atoms with van der Waals surface area (Å²) in [5, 5.41) is 2.68. The highest BCUT2D eigenvalue weighted by Gasteiger charge is 2.11. The van der Waals surface area contributed by atoms with E-state index in [0.717, 1.165) is 10.0 Å². The van der Waals surface area contributed by atoms with E-state index in [9.17, 15) is 9.59 Å². The van der Waals surface area contributed by atoms with Gasteiger partial charge < -0.3 is 14.5 Å². The van der Waals surface area contributed by atoms with Crippen molar-refractivity contribution in [2.45, 2.75) is 6.61 Å². The van der Waals surface area contributed by atoms with Crippen LogP contribution in [0, 0.1) is 0 Å². The summed E-state index contributed by atoms with van der Waals surface area (Å²) in [5.41, 5.74) is 1.85. The number of carbonyl (C=O) groups is 2. The van der Waals surface area contributed by atoms with Gasteiger partial charge in [-0.3, -0.25) is 4.79 Å². The predicted molar refractivity (Wildman–Crippen MR) is 96.4 cm³/mol. The molecular formula is C19H14BrNO4. The molecule has 0 radical (unpaired) electrons. The van der Waals surface area contributed by atoms with Crippen LogP contribution in [0.25, 0.3) is 0 Å². The molecule has 0 unspecified atom stereocenters. The van der Waals surface area contributed by atoms with Gasteiger partial charge in [0, 0.05) is 15.7 Å². The van der Waals surface area contributed by atoms with Gasteiger partial charge >= 0.3 is 5.97 Å². The molecule has 2 aromatic carbocycles. The first kappa shape index (κ1) is 17.0. The second kappa shape index (κ2) is 7.81. The van der Waals surface area contributed by atoms with Gasteiger partial charge in [0.2, 0.25) is 0 Å². The summed E-state index contributed by atoms with van der Waals surface area (Å²) in [7, 11) is 0. The van der Waals surface area contributed by atoms with Crippen molar-refractivity contribution in [3.05, 3.63) is 88.3 Å². The maximum absolute atomic E-state index is 12.1. The predicted octanol–water partition coefficient (Wildman–Crippen LogP) is 4.65. The van der Waals surface area contributed by atoms with Crippen molar-refractivity contribution in [2.75, 3.05) is 5.32 Å². The maximum atomic E-state index is 12.1. The van der Waals surface area contributed by atoms with Crippen LogP contribution >= 0.6 is 15.9 Å². The maximum Gasteiger partial charge on any atom is 0.338 e. The number of carbonyl (C=O) groups excluding carboxylic acids is 2. The van der Waals surface area contributed by atoms with E-state index in [0.29, 0.717) is 11.3 Å². The number of rotatable bonds is 5. The molecule has 0 fully saturated rings. The number of amides is 1. The number of anilines is 1. The van der Waals surface area contributed by atoms with Crippen molar-refractivity contribution in [2.24, 2.45) is 0 Å². The smallest absolute Gasteiger partial charge is 0.338 e. The van der Waals surface area contributed by atoms with Gasteiger partial charge in [-0.25, -0.2) is 4.79 Å². The third-order valence-corrected chi connectivity index (χ3v) is 4.21. The lowest BCUT2D eigenvalue weighted by Gasteiger charge is -2.08. The summed E-state index contributed by atoms with van der Waals surface area (Å²) < 4.78 is 11.2. The second-order valence-corrected chi connectivity index (χ2v) is 6.03. The molecule has 126 valence electrons. The number of esters is 1. The van der Waals surface area contributed by atoms with Gasteiger partial charge in [-0.2, -0.15) is 0 Å². The van der Waals surface area contributed by atoms with E-state index in [1.807, 2.05) is 24.3 Å². The molecule has 5 nitrogen and oxygen atoms in total. The Morgan fingerprint density at radius 3 is 2.44 bits per heavy atom. The van der Waals surface area contributed by atoms with E-state index in [4.69, 9.17) is 9.15 Å². The Kier molecular flexibility index (Phi) is 5.30.